The molecule has 0 bridgehead atoms. The van der Waals surface area contributed by atoms with Crippen LogP contribution in [0.3, 0.4) is 0 Å². The first-order valence-electron chi connectivity index (χ1n) is 3.89. The lowest BCUT2D eigenvalue weighted by Crippen LogP contribution is -2.30. The van der Waals surface area contributed by atoms with Crippen molar-refractivity contribution in [3.63, 3.8) is 0 Å². The van der Waals surface area contributed by atoms with Gasteiger partial charge in [-0.2, -0.15) is 0 Å². The molecule has 0 aromatic rings. The summed E-state index contributed by atoms with van der Waals surface area (Å²) in [7, 11) is 3.84. The lowest BCUT2D eigenvalue weighted by atomic mass is 10.0. The Hall–Kier alpha value is -0.370. The van der Waals surface area contributed by atoms with Crippen molar-refractivity contribution in [1.82, 2.24) is 4.90 Å². The van der Waals surface area contributed by atoms with E-state index in [2.05, 4.69) is 7.05 Å². The van der Waals surface area contributed by atoms with E-state index >= 15 is 0 Å². The lowest BCUT2D eigenvalue weighted by Gasteiger charge is -2.24. The summed E-state index contributed by atoms with van der Waals surface area (Å²) >= 11 is 0. The van der Waals surface area contributed by atoms with Gasteiger partial charge in [-0.1, -0.05) is 0 Å². The van der Waals surface area contributed by atoms with Crippen molar-refractivity contribution in [2.45, 2.75) is 25.3 Å². The molecule has 1 saturated carbocycles. The Labute approximate surface area is 61.2 Å². The van der Waals surface area contributed by atoms with Crippen molar-refractivity contribution in [2.24, 2.45) is 5.92 Å². The standard InChI is InChI=1S/C8H12NO/c1-9-5-4-6-2-3-7(10)8(6)9/h6,8H,1-5H2/q-1. The van der Waals surface area contributed by atoms with Gasteiger partial charge in [0, 0.05) is 12.5 Å². The summed E-state index contributed by atoms with van der Waals surface area (Å²) in [6, 6.07) is 0.194. The molecule has 2 nitrogen and oxygen atoms in total. The molecule has 2 unspecified atom stereocenters. The van der Waals surface area contributed by atoms with Gasteiger partial charge in [-0.3, -0.25) is 11.8 Å². The summed E-state index contributed by atoms with van der Waals surface area (Å²) in [5.41, 5.74) is 0. The number of likely N-dealkylation sites (tertiary alicyclic amines) is 1. The van der Waals surface area contributed by atoms with Crippen LogP contribution in [0, 0.1) is 13.0 Å². The molecule has 1 heterocycles. The molecule has 2 rings (SSSR count). The molecular weight excluding hydrogens is 126 g/mol. The fraction of sp³-hybridized carbons (Fsp3) is 0.750. The minimum atomic E-state index is 0.194. The molecule has 0 N–H and O–H groups in total. The average molecular weight is 138 g/mol. The molecule has 10 heavy (non-hydrogen) atoms. The zero-order chi connectivity index (χ0) is 7.14. The first-order valence-corrected chi connectivity index (χ1v) is 3.89. The van der Waals surface area contributed by atoms with Crippen LogP contribution in [0.4, 0.5) is 0 Å². The molecule has 1 aliphatic carbocycles. The highest BCUT2D eigenvalue weighted by atomic mass is 16.1. The van der Waals surface area contributed by atoms with Gasteiger partial charge in [0.1, 0.15) is 5.78 Å². The number of rotatable bonds is 0. The molecule has 0 radical (unpaired) electrons. The molecule has 0 amide bonds. The Morgan fingerprint density at radius 1 is 1.50 bits per heavy atom. The van der Waals surface area contributed by atoms with Crippen LogP contribution in [0.2, 0.25) is 0 Å². The number of carbonyl (C=O) groups excluding carboxylic acids is 1. The maximum atomic E-state index is 11.2. The molecule has 1 saturated heterocycles. The first-order chi connectivity index (χ1) is 4.79. The van der Waals surface area contributed by atoms with Crippen molar-refractivity contribution in [3.05, 3.63) is 7.05 Å². The Morgan fingerprint density at radius 3 is 3.00 bits per heavy atom. The molecule has 2 atom stereocenters. The fourth-order valence-electron chi connectivity index (χ4n) is 2.17. The number of hydrogen-bond acceptors (Lipinski definition) is 2. The highest BCUT2D eigenvalue weighted by Crippen LogP contribution is 2.34. The average Bonchev–Trinajstić information content (AvgIpc) is 2.40. The van der Waals surface area contributed by atoms with Crippen LogP contribution >= 0.6 is 0 Å². The normalized spacial score (nSPS) is 40.7. The summed E-state index contributed by atoms with van der Waals surface area (Å²) in [4.78, 5) is 13.1. The molecule has 2 aliphatic rings. The summed E-state index contributed by atoms with van der Waals surface area (Å²) < 4.78 is 0. The molecule has 2 heteroatoms. The Morgan fingerprint density at radius 2 is 2.30 bits per heavy atom. The van der Waals surface area contributed by atoms with Gasteiger partial charge in [0.25, 0.3) is 0 Å². The van der Waals surface area contributed by atoms with Gasteiger partial charge in [-0.25, -0.2) is 0 Å². The summed E-state index contributed by atoms with van der Waals surface area (Å²) in [5, 5.41) is 0. The van der Waals surface area contributed by atoms with Crippen molar-refractivity contribution < 1.29 is 4.79 Å². The number of carbonyl (C=O) groups is 1. The van der Waals surface area contributed by atoms with Crippen molar-refractivity contribution in [1.29, 1.82) is 0 Å². The van der Waals surface area contributed by atoms with Crippen LogP contribution in [0.1, 0.15) is 19.3 Å². The van der Waals surface area contributed by atoms with E-state index in [1.54, 1.807) is 0 Å². The molecule has 0 aromatic carbocycles. The zero-order valence-electron chi connectivity index (χ0n) is 6.05. The topological polar surface area (TPSA) is 20.3 Å². The third-order valence-electron chi connectivity index (χ3n) is 2.72. The molecule has 0 aromatic heterocycles. The summed E-state index contributed by atoms with van der Waals surface area (Å²) in [5.74, 6) is 1.06. The Kier molecular flexibility index (Phi) is 1.31. The van der Waals surface area contributed by atoms with Crippen LogP contribution in [0.25, 0.3) is 0 Å². The van der Waals surface area contributed by atoms with Crippen molar-refractivity contribution in [3.8, 4) is 0 Å². The van der Waals surface area contributed by atoms with Gasteiger partial charge >= 0.3 is 0 Å². The van der Waals surface area contributed by atoms with Crippen LogP contribution in [0.15, 0.2) is 0 Å². The summed E-state index contributed by atoms with van der Waals surface area (Å²) in [6.45, 7) is 1.01. The van der Waals surface area contributed by atoms with Gasteiger partial charge < -0.3 is 4.90 Å². The molecular formula is C8H12NO-. The summed E-state index contributed by atoms with van der Waals surface area (Å²) in [6.07, 6.45) is 3.08. The lowest BCUT2D eigenvalue weighted by molar-refractivity contribution is -0.120. The molecule has 0 spiro atoms. The van der Waals surface area contributed by atoms with E-state index in [9.17, 15) is 4.79 Å². The van der Waals surface area contributed by atoms with E-state index in [1.807, 2.05) is 4.90 Å². The quantitative estimate of drug-likeness (QED) is 0.462. The van der Waals surface area contributed by atoms with Crippen LogP contribution in [-0.2, 0) is 4.79 Å². The van der Waals surface area contributed by atoms with Crippen molar-refractivity contribution in [2.75, 3.05) is 6.54 Å². The maximum absolute atomic E-state index is 11.2. The van der Waals surface area contributed by atoms with Gasteiger partial charge in [0.2, 0.25) is 0 Å². The Bertz CT molecular complexity index is 167. The fourth-order valence-corrected chi connectivity index (χ4v) is 2.17. The Balaban J connectivity index is 2.19. The third kappa shape index (κ3) is 0.717. The zero-order valence-corrected chi connectivity index (χ0v) is 6.05. The van der Waals surface area contributed by atoms with E-state index in [0.717, 1.165) is 19.4 Å². The number of fused-ring (bicyclic) bond motifs is 1. The monoisotopic (exact) mass is 138 g/mol. The highest BCUT2D eigenvalue weighted by molar-refractivity contribution is 5.86. The van der Waals surface area contributed by atoms with E-state index < -0.39 is 0 Å². The van der Waals surface area contributed by atoms with E-state index in [1.165, 1.54) is 6.42 Å². The largest absolute Gasteiger partial charge is 0.450 e. The van der Waals surface area contributed by atoms with Crippen LogP contribution in [0.5, 0.6) is 0 Å². The maximum Gasteiger partial charge on any atom is 0.147 e. The minimum Gasteiger partial charge on any atom is -0.450 e. The van der Waals surface area contributed by atoms with Crippen molar-refractivity contribution >= 4 is 5.78 Å². The van der Waals surface area contributed by atoms with Gasteiger partial charge in [-0.05, 0) is 25.3 Å². The first kappa shape index (κ1) is 6.35. The number of nitrogens with zero attached hydrogens (tertiary/aromatic N) is 1. The van der Waals surface area contributed by atoms with Gasteiger partial charge in [0.15, 0.2) is 0 Å². The molecule has 1 aliphatic heterocycles. The third-order valence-corrected chi connectivity index (χ3v) is 2.72. The molecule has 2 fully saturated rings. The highest BCUT2D eigenvalue weighted by Gasteiger charge is 2.38. The predicted molar refractivity (Wildman–Crippen MR) is 38.2 cm³/mol. The second kappa shape index (κ2) is 2.06. The second-order valence-electron chi connectivity index (χ2n) is 3.31. The number of hydrogen-bond donors (Lipinski definition) is 0. The van der Waals surface area contributed by atoms with Gasteiger partial charge in [0.05, 0.1) is 0 Å². The minimum absolute atomic E-state index is 0.194. The predicted octanol–water partition coefficient (Wildman–Crippen LogP) is 0.831. The van der Waals surface area contributed by atoms with Crippen LogP contribution < -0.4 is 0 Å². The smallest absolute Gasteiger partial charge is 0.147 e. The SMILES string of the molecule is [CH2-]N1CCC2CCC(=O)C21. The number of Topliss-reactive ketones (excluding diaryl/α,β-unsaturated/α-hetero) is 1. The van der Waals surface area contributed by atoms with E-state index in [4.69, 9.17) is 0 Å². The van der Waals surface area contributed by atoms with Crippen LogP contribution in [-0.4, -0.2) is 23.3 Å². The molecule has 56 valence electrons. The van der Waals surface area contributed by atoms with E-state index in [-0.39, 0.29) is 6.04 Å². The second-order valence-corrected chi connectivity index (χ2v) is 3.31. The van der Waals surface area contributed by atoms with E-state index in [0.29, 0.717) is 11.7 Å². The number of ketones is 1. The van der Waals surface area contributed by atoms with Gasteiger partial charge in [-0.15, -0.1) is 0 Å².